The van der Waals surface area contributed by atoms with Crippen LogP contribution in [-0.2, 0) is 17.9 Å². The van der Waals surface area contributed by atoms with Crippen molar-refractivity contribution in [2.24, 2.45) is 0 Å². The number of hydrogen-bond donors (Lipinski definition) is 1. The van der Waals surface area contributed by atoms with Crippen LogP contribution in [0.5, 0.6) is 0 Å². The van der Waals surface area contributed by atoms with Crippen molar-refractivity contribution >= 4 is 11.3 Å². The molecule has 1 aliphatic rings. The Morgan fingerprint density at radius 3 is 2.84 bits per heavy atom. The molecule has 3 aromatic rings. The van der Waals surface area contributed by atoms with E-state index in [0.717, 1.165) is 31.2 Å². The number of rotatable bonds is 6. The Hall–Kier alpha value is -2.02. The molecule has 0 unspecified atom stereocenters. The molecule has 4 rings (SSSR count). The molecule has 2 atom stereocenters. The van der Waals surface area contributed by atoms with Gasteiger partial charge in [0.1, 0.15) is 5.82 Å². The Kier molecular flexibility index (Phi) is 4.92. The van der Waals surface area contributed by atoms with E-state index in [9.17, 15) is 0 Å². The van der Waals surface area contributed by atoms with Gasteiger partial charge in [-0.15, -0.1) is 11.3 Å². The van der Waals surface area contributed by atoms with E-state index >= 15 is 0 Å². The number of likely N-dealkylation sites (tertiary alicyclic amines) is 1. The molecular formula is C19H22N4OS. The van der Waals surface area contributed by atoms with Crippen molar-refractivity contribution in [2.45, 2.75) is 38.6 Å². The van der Waals surface area contributed by atoms with Crippen LogP contribution in [0.1, 0.15) is 34.6 Å². The summed E-state index contributed by atoms with van der Waals surface area (Å²) in [6.07, 6.45) is 1.12. The topological polar surface area (TPSA) is 54.0 Å². The number of nitrogens with zero attached hydrogens (tertiary/aromatic N) is 3. The van der Waals surface area contributed by atoms with Crippen molar-refractivity contribution in [2.75, 3.05) is 6.54 Å². The van der Waals surface area contributed by atoms with Gasteiger partial charge in [-0.25, -0.2) is 4.98 Å². The van der Waals surface area contributed by atoms with Crippen molar-refractivity contribution in [3.8, 4) is 0 Å². The maximum Gasteiger partial charge on any atom is 0.167 e. The van der Waals surface area contributed by atoms with Crippen LogP contribution in [0.4, 0.5) is 0 Å². The van der Waals surface area contributed by atoms with Crippen molar-refractivity contribution in [1.82, 2.24) is 20.1 Å². The molecule has 3 heterocycles. The first-order valence-electron chi connectivity index (χ1n) is 8.59. The highest BCUT2D eigenvalue weighted by Gasteiger charge is 2.36. The van der Waals surface area contributed by atoms with Gasteiger partial charge in [-0.2, -0.15) is 5.10 Å². The molecule has 1 saturated heterocycles. The van der Waals surface area contributed by atoms with Crippen LogP contribution < -0.4 is 0 Å². The number of nitrogens with one attached hydrogen (secondary N) is 1. The minimum Gasteiger partial charge on any atom is -0.372 e. The number of thiophene rings is 1. The van der Waals surface area contributed by atoms with Crippen molar-refractivity contribution < 1.29 is 4.74 Å². The molecule has 1 aliphatic heterocycles. The van der Waals surface area contributed by atoms with Gasteiger partial charge < -0.3 is 4.74 Å². The molecule has 0 spiro atoms. The summed E-state index contributed by atoms with van der Waals surface area (Å²) in [5, 5.41) is 9.50. The fourth-order valence-electron chi connectivity index (χ4n) is 3.33. The minimum atomic E-state index is 0.198. The molecular weight excluding hydrogens is 332 g/mol. The second-order valence-corrected chi connectivity index (χ2v) is 7.49. The number of benzene rings is 1. The van der Waals surface area contributed by atoms with E-state index in [4.69, 9.17) is 4.74 Å². The van der Waals surface area contributed by atoms with Crippen LogP contribution in [0.15, 0.2) is 47.8 Å². The van der Waals surface area contributed by atoms with Crippen LogP contribution in [0.3, 0.4) is 0 Å². The molecule has 6 heteroatoms. The van der Waals surface area contributed by atoms with E-state index in [1.54, 1.807) is 11.3 Å². The lowest BCUT2D eigenvalue weighted by molar-refractivity contribution is 0.0462. The van der Waals surface area contributed by atoms with Crippen LogP contribution in [0.2, 0.25) is 0 Å². The maximum absolute atomic E-state index is 6.19. The predicted molar refractivity (Wildman–Crippen MR) is 98.2 cm³/mol. The molecule has 2 aromatic heterocycles. The van der Waals surface area contributed by atoms with Crippen LogP contribution in [0.25, 0.3) is 0 Å². The number of aryl methyl sites for hydroxylation is 1. The van der Waals surface area contributed by atoms with Gasteiger partial charge in [-0.05, 0) is 30.4 Å². The zero-order valence-electron chi connectivity index (χ0n) is 14.3. The predicted octanol–water partition coefficient (Wildman–Crippen LogP) is 3.71. The Bertz CT molecular complexity index is 787. The van der Waals surface area contributed by atoms with Crippen molar-refractivity contribution in [3.05, 3.63) is 69.9 Å². The van der Waals surface area contributed by atoms with Gasteiger partial charge in [0.05, 0.1) is 18.8 Å². The number of hydrogen-bond acceptors (Lipinski definition) is 5. The van der Waals surface area contributed by atoms with Crippen LogP contribution in [0, 0.1) is 6.92 Å². The monoisotopic (exact) mass is 354 g/mol. The highest BCUT2D eigenvalue weighted by Crippen LogP contribution is 2.34. The molecule has 1 N–H and O–H groups in total. The summed E-state index contributed by atoms with van der Waals surface area (Å²) >= 11 is 1.79. The van der Waals surface area contributed by atoms with Crippen LogP contribution >= 0.6 is 11.3 Å². The third-order valence-electron chi connectivity index (χ3n) is 4.55. The van der Waals surface area contributed by atoms with Crippen LogP contribution in [-0.4, -0.2) is 32.7 Å². The highest BCUT2D eigenvalue weighted by molar-refractivity contribution is 7.09. The standard InChI is InChI=1S/C19H22N4OS/c1-14-20-19(22-21-14)18-10-16(24-13-15-6-3-2-4-7-15)11-23(18)12-17-8-5-9-25-17/h2-9,16,18H,10-13H2,1H3,(H,20,21,22)/t16-,18-/m0/s1. The average molecular weight is 354 g/mol. The Labute approximate surface area is 151 Å². The SMILES string of the molecule is Cc1nc([C@@H]2C[C@H](OCc3ccccc3)CN2Cc2cccs2)n[nH]1. The Morgan fingerprint density at radius 1 is 1.24 bits per heavy atom. The van der Waals surface area contributed by atoms with Gasteiger partial charge in [-0.3, -0.25) is 10.00 Å². The normalized spacial score (nSPS) is 21.0. The lowest BCUT2D eigenvalue weighted by Gasteiger charge is -2.21. The first-order valence-corrected chi connectivity index (χ1v) is 9.47. The Balaban J connectivity index is 1.45. The van der Waals surface area contributed by atoms with Gasteiger partial charge >= 0.3 is 0 Å². The largest absolute Gasteiger partial charge is 0.372 e. The summed E-state index contributed by atoms with van der Waals surface area (Å²) in [7, 11) is 0. The molecule has 1 fully saturated rings. The van der Waals surface area contributed by atoms with E-state index in [2.05, 4.69) is 61.9 Å². The summed E-state index contributed by atoms with van der Waals surface area (Å²) in [6, 6.07) is 14.8. The second-order valence-electron chi connectivity index (χ2n) is 6.46. The van der Waals surface area contributed by atoms with E-state index in [0.29, 0.717) is 6.61 Å². The summed E-state index contributed by atoms with van der Waals surface area (Å²) in [5.74, 6) is 1.74. The molecule has 0 aliphatic carbocycles. The fourth-order valence-corrected chi connectivity index (χ4v) is 4.06. The van der Waals surface area contributed by atoms with E-state index in [1.807, 2.05) is 13.0 Å². The minimum absolute atomic E-state index is 0.198. The van der Waals surface area contributed by atoms with Crippen molar-refractivity contribution in [1.29, 1.82) is 0 Å². The molecule has 0 radical (unpaired) electrons. The molecule has 0 amide bonds. The summed E-state index contributed by atoms with van der Waals surface area (Å²) in [6.45, 7) is 4.42. The molecule has 1 aromatic carbocycles. The number of aromatic amines is 1. The molecule has 5 nitrogen and oxygen atoms in total. The van der Waals surface area contributed by atoms with Crippen molar-refractivity contribution in [3.63, 3.8) is 0 Å². The molecule has 0 saturated carbocycles. The molecule has 130 valence electrons. The van der Waals surface area contributed by atoms with E-state index < -0.39 is 0 Å². The highest BCUT2D eigenvalue weighted by atomic mass is 32.1. The summed E-state index contributed by atoms with van der Waals surface area (Å²) < 4.78 is 6.19. The average Bonchev–Trinajstić information content (AvgIpc) is 3.36. The quantitative estimate of drug-likeness (QED) is 0.733. The van der Waals surface area contributed by atoms with Gasteiger partial charge in [0.25, 0.3) is 0 Å². The van der Waals surface area contributed by atoms with Gasteiger partial charge in [0, 0.05) is 18.0 Å². The Morgan fingerprint density at radius 2 is 2.12 bits per heavy atom. The van der Waals surface area contributed by atoms with E-state index in [-0.39, 0.29) is 12.1 Å². The maximum atomic E-state index is 6.19. The molecule has 25 heavy (non-hydrogen) atoms. The van der Waals surface area contributed by atoms with Gasteiger partial charge in [0.15, 0.2) is 5.82 Å². The van der Waals surface area contributed by atoms with Gasteiger partial charge in [-0.1, -0.05) is 36.4 Å². The second kappa shape index (κ2) is 7.47. The van der Waals surface area contributed by atoms with Gasteiger partial charge in [0.2, 0.25) is 0 Å². The first kappa shape index (κ1) is 16.4. The smallest absolute Gasteiger partial charge is 0.167 e. The first-order chi connectivity index (χ1) is 12.3. The lowest BCUT2D eigenvalue weighted by atomic mass is 10.2. The third kappa shape index (κ3) is 3.98. The third-order valence-corrected chi connectivity index (χ3v) is 5.41. The van der Waals surface area contributed by atoms with E-state index in [1.165, 1.54) is 10.4 Å². The fraction of sp³-hybridized carbons (Fsp3) is 0.368. The number of ether oxygens (including phenoxy) is 1. The zero-order valence-corrected chi connectivity index (χ0v) is 15.1. The number of aromatic nitrogens is 3. The lowest BCUT2D eigenvalue weighted by Crippen LogP contribution is -2.25. The molecule has 0 bridgehead atoms. The zero-order chi connectivity index (χ0) is 17.1. The number of H-pyrrole nitrogens is 1. The summed E-state index contributed by atoms with van der Waals surface area (Å²) in [5.41, 5.74) is 1.21. The summed E-state index contributed by atoms with van der Waals surface area (Å²) in [4.78, 5) is 8.36.